The molecule has 0 unspecified atom stereocenters. The van der Waals surface area contributed by atoms with Gasteiger partial charge in [0.1, 0.15) is 0 Å². The fraction of sp³-hybridized carbons (Fsp3) is 0.364. The quantitative estimate of drug-likeness (QED) is 0.656. The van der Waals surface area contributed by atoms with Crippen molar-refractivity contribution < 1.29 is 13.2 Å². The number of sulfonamides is 1. The van der Waals surface area contributed by atoms with Gasteiger partial charge in [-0.25, -0.2) is 13.1 Å². The number of nitrogen functional groups attached to an aromatic ring is 1. The van der Waals surface area contributed by atoms with Crippen molar-refractivity contribution in [1.82, 2.24) is 10.0 Å². The van der Waals surface area contributed by atoms with E-state index in [1.165, 1.54) is 19.2 Å². The number of carbonyl (C=O) groups excluding carboxylic acids is 1. The molecule has 7 heteroatoms. The highest BCUT2D eigenvalue weighted by atomic mass is 32.2. The molecule has 1 rings (SSSR count). The van der Waals surface area contributed by atoms with Crippen LogP contribution in [0.5, 0.6) is 0 Å². The third-order valence-corrected chi connectivity index (χ3v) is 4.03. The van der Waals surface area contributed by atoms with Crippen molar-refractivity contribution in [2.24, 2.45) is 0 Å². The summed E-state index contributed by atoms with van der Waals surface area (Å²) in [6.45, 7) is 1.73. The lowest BCUT2D eigenvalue weighted by Crippen LogP contribution is -2.29. The summed E-state index contributed by atoms with van der Waals surface area (Å²) in [6.07, 6.45) is 0.101. The van der Waals surface area contributed by atoms with Crippen molar-refractivity contribution in [2.45, 2.75) is 18.2 Å². The number of hydrogen-bond acceptors (Lipinski definition) is 4. The maximum atomic E-state index is 12.0. The van der Waals surface area contributed by atoms with E-state index in [2.05, 4.69) is 10.0 Å². The van der Waals surface area contributed by atoms with Crippen LogP contribution in [0.1, 0.15) is 12.0 Å². The zero-order chi connectivity index (χ0) is 13.8. The summed E-state index contributed by atoms with van der Waals surface area (Å²) in [4.78, 5) is 11.2. The van der Waals surface area contributed by atoms with E-state index in [0.717, 1.165) is 0 Å². The third kappa shape index (κ3) is 3.71. The first-order valence-corrected chi connectivity index (χ1v) is 6.91. The maximum absolute atomic E-state index is 12.0. The second-order valence-corrected chi connectivity index (χ2v) is 5.58. The highest BCUT2D eigenvalue weighted by molar-refractivity contribution is 7.89. The first kappa shape index (κ1) is 14.5. The van der Waals surface area contributed by atoms with E-state index in [1.54, 1.807) is 13.0 Å². The smallest absolute Gasteiger partial charge is 0.240 e. The van der Waals surface area contributed by atoms with Gasteiger partial charge in [-0.2, -0.15) is 0 Å². The number of nitrogens with two attached hydrogens (primary N) is 1. The number of carbonyl (C=O) groups is 1. The summed E-state index contributed by atoms with van der Waals surface area (Å²) in [6, 6.07) is 4.57. The average Bonchev–Trinajstić information content (AvgIpc) is 2.27. The van der Waals surface area contributed by atoms with Crippen LogP contribution < -0.4 is 15.8 Å². The van der Waals surface area contributed by atoms with Crippen LogP contribution in [0.15, 0.2) is 23.1 Å². The Morgan fingerprint density at radius 2 is 2.06 bits per heavy atom. The Morgan fingerprint density at radius 1 is 1.39 bits per heavy atom. The van der Waals surface area contributed by atoms with Gasteiger partial charge in [-0.15, -0.1) is 0 Å². The highest BCUT2D eigenvalue weighted by Gasteiger charge is 2.16. The van der Waals surface area contributed by atoms with E-state index >= 15 is 0 Å². The fourth-order valence-corrected chi connectivity index (χ4v) is 2.73. The standard InChI is InChI=1S/C11H17N3O3S/c1-8-7-9(12)3-4-10(8)18(16,17)14-6-5-11(15)13-2/h3-4,7,14H,5-6,12H2,1-2H3,(H,13,15). The number of benzene rings is 1. The van der Waals surface area contributed by atoms with Crippen molar-refractivity contribution in [3.05, 3.63) is 23.8 Å². The molecule has 0 aromatic heterocycles. The molecule has 0 saturated heterocycles. The van der Waals surface area contributed by atoms with Crippen molar-refractivity contribution in [1.29, 1.82) is 0 Å². The zero-order valence-corrected chi connectivity index (χ0v) is 11.2. The summed E-state index contributed by atoms with van der Waals surface area (Å²) < 4.78 is 26.3. The van der Waals surface area contributed by atoms with E-state index < -0.39 is 10.0 Å². The molecular weight excluding hydrogens is 254 g/mol. The molecule has 0 radical (unpaired) electrons. The molecule has 100 valence electrons. The number of amides is 1. The lowest BCUT2D eigenvalue weighted by Gasteiger charge is -2.09. The second kappa shape index (κ2) is 5.83. The monoisotopic (exact) mass is 271 g/mol. The number of aryl methyl sites for hydroxylation is 1. The normalized spacial score (nSPS) is 11.2. The molecule has 1 amide bonds. The molecule has 0 fully saturated rings. The summed E-state index contributed by atoms with van der Waals surface area (Å²) in [5.41, 5.74) is 6.64. The third-order valence-electron chi connectivity index (χ3n) is 2.41. The van der Waals surface area contributed by atoms with E-state index in [1.807, 2.05) is 0 Å². The lowest BCUT2D eigenvalue weighted by molar-refractivity contribution is -0.120. The SMILES string of the molecule is CNC(=O)CCNS(=O)(=O)c1ccc(N)cc1C. The summed E-state index contributed by atoms with van der Waals surface area (Å²) in [7, 11) is -2.10. The van der Waals surface area contributed by atoms with Crippen LogP contribution in [0.2, 0.25) is 0 Å². The average molecular weight is 271 g/mol. The molecule has 6 nitrogen and oxygen atoms in total. The van der Waals surface area contributed by atoms with Gasteiger partial charge in [0.25, 0.3) is 0 Å². The van der Waals surface area contributed by atoms with E-state index in [-0.39, 0.29) is 23.8 Å². The largest absolute Gasteiger partial charge is 0.399 e. The molecular formula is C11H17N3O3S. The Bertz CT molecular complexity index is 540. The van der Waals surface area contributed by atoms with Crippen molar-refractivity contribution >= 4 is 21.6 Å². The topological polar surface area (TPSA) is 101 Å². The van der Waals surface area contributed by atoms with Crippen LogP contribution in [0, 0.1) is 6.92 Å². The van der Waals surface area contributed by atoms with Gasteiger partial charge < -0.3 is 11.1 Å². The Kier molecular flexibility index (Phi) is 4.69. The highest BCUT2D eigenvalue weighted by Crippen LogP contribution is 2.17. The molecule has 0 saturated carbocycles. The van der Waals surface area contributed by atoms with Gasteiger partial charge in [-0.3, -0.25) is 4.79 Å². The molecule has 0 atom stereocenters. The predicted molar refractivity (Wildman–Crippen MR) is 69.5 cm³/mol. The minimum absolute atomic E-state index is 0.0613. The van der Waals surface area contributed by atoms with Gasteiger partial charge >= 0.3 is 0 Å². The Labute approximate surface area is 107 Å². The fourth-order valence-electron chi connectivity index (χ4n) is 1.48. The Balaban J connectivity index is 2.77. The van der Waals surface area contributed by atoms with Gasteiger partial charge in [-0.1, -0.05) is 0 Å². The van der Waals surface area contributed by atoms with Crippen LogP contribution in [-0.2, 0) is 14.8 Å². The van der Waals surface area contributed by atoms with Crippen molar-refractivity contribution in [3.8, 4) is 0 Å². The maximum Gasteiger partial charge on any atom is 0.240 e. The van der Waals surface area contributed by atoms with E-state index in [9.17, 15) is 13.2 Å². The molecule has 4 N–H and O–H groups in total. The van der Waals surface area contributed by atoms with Crippen LogP contribution in [0.3, 0.4) is 0 Å². The van der Waals surface area contributed by atoms with E-state index in [4.69, 9.17) is 5.73 Å². The van der Waals surface area contributed by atoms with Crippen LogP contribution in [-0.4, -0.2) is 27.9 Å². The van der Waals surface area contributed by atoms with Gasteiger partial charge in [0.15, 0.2) is 0 Å². The van der Waals surface area contributed by atoms with E-state index in [0.29, 0.717) is 11.3 Å². The van der Waals surface area contributed by atoms with Gasteiger partial charge in [-0.05, 0) is 30.7 Å². The number of nitrogens with one attached hydrogen (secondary N) is 2. The first-order chi connectivity index (χ1) is 8.36. The second-order valence-electron chi connectivity index (χ2n) is 3.85. The molecule has 0 aliphatic rings. The molecule has 0 bridgehead atoms. The predicted octanol–water partition coefficient (Wildman–Crippen LogP) is -0.00838. The summed E-state index contributed by atoms with van der Waals surface area (Å²) in [5, 5.41) is 2.42. The Hall–Kier alpha value is -1.60. The molecule has 1 aromatic rings. The molecule has 0 aliphatic heterocycles. The van der Waals surface area contributed by atoms with Gasteiger partial charge in [0.2, 0.25) is 15.9 Å². The minimum atomic E-state index is -3.60. The molecule has 1 aromatic carbocycles. The Morgan fingerprint density at radius 3 is 2.61 bits per heavy atom. The summed E-state index contributed by atoms with van der Waals surface area (Å²) in [5.74, 6) is -0.216. The zero-order valence-electron chi connectivity index (χ0n) is 10.4. The molecule has 0 aliphatic carbocycles. The van der Waals surface area contributed by atoms with Gasteiger partial charge in [0.05, 0.1) is 4.90 Å². The van der Waals surface area contributed by atoms with Crippen LogP contribution >= 0.6 is 0 Å². The lowest BCUT2D eigenvalue weighted by atomic mass is 10.2. The van der Waals surface area contributed by atoms with Crippen molar-refractivity contribution in [2.75, 3.05) is 19.3 Å². The van der Waals surface area contributed by atoms with Crippen LogP contribution in [0.25, 0.3) is 0 Å². The van der Waals surface area contributed by atoms with Crippen molar-refractivity contribution in [3.63, 3.8) is 0 Å². The molecule has 18 heavy (non-hydrogen) atoms. The first-order valence-electron chi connectivity index (χ1n) is 5.43. The molecule has 0 spiro atoms. The number of anilines is 1. The number of rotatable bonds is 5. The number of hydrogen-bond donors (Lipinski definition) is 3. The summed E-state index contributed by atoms with van der Waals surface area (Å²) >= 11 is 0. The molecule has 0 heterocycles. The minimum Gasteiger partial charge on any atom is -0.399 e. The van der Waals surface area contributed by atoms with Crippen LogP contribution in [0.4, 0.5) is 5.69 Å². The van der Waals surface area contributed by atoms with Gasteiger partial charge in [0, 0.05) is 25.7 Å².